The number of amides is 1. The maximum absolute atomic E-state index is 12.3. The van der Waals surface area contributed by atoms with Gasteiger partial charge in [0, 0.05) is 38.4 Å². The molecule has 1 aliphatic heterocycles. The first-order chi connectivity index (χ1) is 11.0. The Labute approximate surface area is 137 Å². The van der Waals surface area contributed by atoms with E-state index < -0.39 is 16.1 Å². The summed E-state index contributed by atoms with van der Waals surface area (Å²) in [6.45, 7) is 4.25. The molecule has 0 spiro atoms. The smallest absolute Gasteiger partial charge is 0.407 e. The number of benzene rings is 1. The summed E-state index contributed by atoms with van der Waals surface area (Å²) in [5, 5.41) is 2.44. The SMILES string of the molecule is CCOC(=O)NCCS(=O)(=O)N1CCN(c2ccccc2)CC1. The van der Waals surface area contributed by atoms with E-state index in [4.69, 9.17) is 4.74 Å². The molecule has 1 N–H and O–H groups in total. The summed E-state index contributed by atoms with van der Waals surface area (Å²) >= 11 is 0. The Bertz CT molecular complexity index is 598. The molecular weight excluding hydrogens is 318 g/mol. The number of para-hydroxylation sites is 1. The van der Waals surface area contributed by atoms with Gasteiger partial charge in [-0.1, -0.05) is 18.2 Å². The van der Waals surface area contributed by atoms with E-state index in [2.05, 4.69) is 10.2 Å². The van der Waals surface area contributed by atoms with E-state index in [1.165, 1.54) is 4.31 Å². The van der Waals surface area contributed by atoms with Crippen molar-refractivity contribution in [3.63, 3.8) is 0 Å². The molecule has 1 aliphatic rings. The van der Waals surface area contributed by atoms with Crippen LogP contribution in [0.5, 0.6) is 0 Å². The van der Waals surface area contributed by atoms with Crippen molar-refractivity contribution in [2.75, 3.05) is 50.0 Å². The van der Waals surface area contributed by atoms with Crippen molar-refractivity contribution in [1.82, 2.24) is 9.62 Å². The lowest BCUT2D eigenvalue weighted by atomic mass is 10.2. The fourth-order valence-corrected chi connectivity index (χ4v) is 3.79. The average Bonchev–Trinajstić information content (AvgIpc) is 2.56. The van der Waals surface area contributed by atoms with Gasteiger partial charge in [-0.25, -0.2) is 13.2 Å². The predicted octanol–water partition coefficient (Wildman–Crippen LogP) is 0.885. The number of anilines is 1. The van der Waals surface area contributed by atoms with Gasteiger partial charge in [-0.3, -0.25) is 0 Å². The summed E-state index contributed by atoms with van der Waals surface area (Å²) in [7, 11) is -3.36. The number of rotatable bonds is 6. The van der Waals surface area contributed by atoms with E-state index in [0.717, 1.165) is 5.69 Å². The van der Waals surface area contributed by atoms with Gasteiger partial charge in [-0.2, -0.15) is 4.31 Å². The number of ether oxygens (including phenoxy) is 1. The Morgan fingerprint density at radius 3 is 2.43 bits per heavy atom. The van der Waals surface area contributed by atoms with E-state index in [1.54, 1.807) is 6.92 Å². The fraction of sp³-hybridized carbons (Fsp3) is 0.533. The molecule has 7 nitrogen and oxygen atoms in total. The molecule has 1 saturated heterocycles. The molecule has 1 aromatic rings. The highest BCUT2D eigenvalue weighted by atomic mass is 32.2. The molecule has 0 aliphatic carbocycles. The molecule has 2 rings (SSSR count). The number of hydrogen-bond donors (Lipinski definition) is 1. The van der Waals surface area contributed by atoms with Crippen LogP contribution in [-0.4, -0.2) is 63.9 Å². The van der Waals surface area contributed by atoms with Crippen molar-refractivity contribution in [3.8, 4) is 0 Å². The summed E-state index contributed by atoms with van der Waals surface area (Å²) in [6.07, 6.45) is -0.586. The number of alkyl carbamates (subject to hydrolysis) is 1. The molecule has 0 aromatic heterocycles. The molecule has 0 atom stereocenters. The molecular formula is C15H23N3O4S. The molecule has 1 heterocycles. The van der Waals surface area contributed by atoms with E-state index in [-0.39, 0.29) is 18.9 Å². The van der Waals surface area contributed by atoms with Gasteiger partial charge in [0.25, 0.3) is 0 Å². The van der Waals surface area contributed by atoms with Crippen LogP contribution in [0.1, 0.15) is 6.92 Å². The zero-order valence-electron chi connectivity index (χ0n) is 13.3. The molecule has 128 valence electrons. The van der Waals surface area contributed by atoms with Gasteiger partial charge < -0.3 is 15.0 Å². The third kappa shape index (κ3) is 5.11. The Kier molecular flexibility index (Phi) is 6.23. The lowest BCUT2D eigenvalue weighted by Crippen LogP contribution is -2.50. The van der Waals surface area contributed by atoms with Crippen LogP contribution in [0.3, 0.4) is 0 Å². The normalized spacial score (nSPS) is 16.1. The molecule has 1 fully saturated rings. The minimum absolute atomic E-state index is 0.0556. The van der Waals surface area contributed by atoms with Crippen molar-refractivity contribution in [3.05, 3.63) is 30.3 Å². The van der Waals surface area contributed by atoms with E-state index in [0.29, 0.717) is 26.2 Å². The molecule has 1 aromatic carbocycles. The summed E-state index contributed by atoms with van der Waals surface area (Å²) in [5.74, 6) is -0.114. The fourth-order valence-electron chi connectivity index (χ4n) is 2.46. The number of carbonyl (C=O) groups is 1. The quantitative estimate of drug-likeness (QED) is 0.831. The molecule has 1 amide bonds. The van der Waals surface area contributed by atoms with Crippen molar-refractivity contribution in [2.24, 2.45) is 0 Å². The average molecular weight is 341 g/mol. The highest BCUT2D eigenvalue weighted by molar-refractivity contribution is 7.89. The standard InChI is InChI=1S/C15H23N3O4S/c1-2-22-15(19)16-8-13-23(20,21)18-11-9-17(10-12-18)14-6-4-3-5-7-14/h3-7H,2,8-13H2,1H3,(H,16,19). The molecule has 0 bridgehead atoms. The third-order valence-corrected chi connectivity index (χ3v) is 5.53. The molecule has 0 saturated carbocycles. The molecule has 23 heavy (non-hydrogen) atoms. The Hall–Kier alpha value is -1.80. The topological polar surface area (TPSA) is 78.9 Å². The van der Waals surface area contributed by atoms with Gasteiger partial charge >= 0.3 is 6.09 Å². The Balaban J connectivity index is 1.80. The predicted molar refractivity (Wildman–Crippen MR) is 89.0 cm³/mol. The summed E-state index contributed by atoms with van der Waals surface area (Å²) in [4.78, 5) is 13.3. The summed E-state index contributed by atoms with van der Waals surface area (Å²) in [5.41, 5.74) is 1.11. The second-order valence-corrected chi connectivity index (χ2v) is 7.27. The van der Waals surface area contributed by atoms with Gasteiger partial charge in [0.1, 0.15) is 0 Å². The zero-order chi connectivity index (χ0) is 16.7. The van der Waals surface area contributed by atoms with E-state index >= 15 is 0 Å². The van der Waals surface area contributed by atoms with Crippen molar-refractivity contribution < 1.29 is 17.9 Å². The molecule has 0 unspecified atom stereocenters. The van der Waals surface area contributed by atoms with Crippen LogP contribution < -0.4 is 10.2 Å². The van der Waals surface area contributed by atoms with Gasteiger partial charge in [-0.15, -0.1) is 0 Å². The Morgan fingerprint density at radius 2 is 1.83 bits per heavy atom. The number of piperazine rings is 1. The first kappa shape index (κ1) is 17.6. The van der Waals surface area contributed by atoms with Gasteiger partial charge in [0.15, 0.2) is 0 Å². The van der Waals surface area contributed by atoms with Crippen LogP contribution in [0.25, 0.3) is 0 Å². The number of nitrogens with zero attached hydrogens (tertiary/aromatic N) is 2. The number of sulfonamides is 1. The zero-order valence-corrected chi connectivity index (χ0v) is 14.1. The summed E-state index contributed by atoms with van der Waals surface area (Å²) < 4.78 is 30.8. The maximum atomic E-state index is 12.3. The minimum atomic E-state index is -3.36. The largest absolute Gasteiger partial charge is 0.450 e. The van der Waals surface area contributed by atoms with Crippen LogP contribution in [0.4, 0.5) is 10.5 Å². The van der Waals surface area contributed by atoms with Crippen LogP contribution in [0.15, 0.2) is 30.3 Å². The second-order valence-electron chi connectivity index (χ2n) is 5.18. The third-order valence-electron chi connectivity index (χ3n) is 3.66. The van der Waals surface area contributed by atoms with E-state index in [9.17, 15) is 13.2 Å². The highest BCUT2D eigenvalue weighted by Gasteiger charge is 2.26. The monoisotopic (exact) mass is 341 g/mol. The number of hydrogen-bond acceptors (Lipinski definition) is 5. The van der Waals surface area contributed by atoms with Crippen LogP contribution in [-0.2, 0) is 14.8 Å². The second kappa shape index (κ2) is 8.16. The summed E-state index contributed by atoms with van der Waals surface area (Å²) in [6, 6.07) is 9.95. The highest BCUT2D eigenvalue weighted by Crippen LogP contribution is 2.17. The van der Waals surface area contributed by atoms with Crippen LogP contribution in [0.2, 0.25) is 0 Å². The number of carbonyl (C=O) groups excluding carboxylic acids is 1. The molecule has 0 radical (unpaired) electrons. The first-order valence-corrected chi connectivity index (χ1v) is 9.32. The van der Waals surface area contributed by atoms with Gasteiger partial charge in [-0.05, 0) is 19.1 Å². The molecule has 8 heteroatoms. The first-order valence-electron chi connectivity index (χ1n) is 7.71. The van der Waals surface area contributed by atoms with Gasteiger partial charge in [0.2, 0.25) is 10.0 Å². The van der Waals surface area contributed by atoms with Crippen LogP contribution in [0, 0.1) is 0 Å². The Morgan fingerprint density at radius 1 is 1.17 bits per heavy atom. The number of nitrogens with one attached hydrogen (secondary N) is 1. The van der Waals surface area contributed by atoms with E-state index in [1.807, 2.05) is 30.3 Å². The maximum Gasteiger partial charge on any atom is 0.407 e. The van der Waals surface area contributed by atoms with Gasteiger partial charge in [0.05, 0.1) is 12.4 Å². The lowest BCUT2D eigenvalue weighted by Gasteiger charge is -2.35. The van der Waals surface area contributed by atoms with Crippen molar-refractivity contribution in [1.29, 1.82) is 0 Å². The van der Waals surface area contributed by atoms with Crippen LogP contribution >= 0.6 is 0 Å². The van der Waals surface area contributed by atoms with Crippen molar-refractivity contribution >= 4 is 21.8 Å². The lowest BCUT2D eigenvalue weighted by molar-refractivity contribution is 0.153. The minimum Gasteiger partial charge on any atom is -0.450 e. The van der Waals surface area contributed by atoms with Crippen molar-refractivity contribution in [2.45, 2.75) is 6.92 Å².